The van der Waals surface area contributed by atoms with Crippen molar-refractivity contribution in [1.82, 2.24) is 29.7 Å². The summed E-state index contributed by atoms with van der Waals surface area (Å²) < 4.78 is 2.11. The van der Waals surface area contributed by atoms with Crippen molar-refractivity contribution in [3.05, 3.63) is 36.8 Å². The summed E-state index contributed by atoms with van der Waals surface area (Å²) in [5.41, 5.74) is 0. The minimum absolute atomic E-state index is 0.00741. The van der Waals surface area contributed by atoms with E-state index in [-0.39, 0.29) is 6.03 Å². The molecule has 1 N–H and O–H groups in total. The molecule has 3 rings (SSSR count). The molecule has 0 bridgehead atoms. The maximum Gasteiger partial charge on any atom is 0.317 e. The quantitative estimate of drug-likeness (QED) is 0.881. The van der Waals surface area contributed by atoms with Crippen molar-refractivity contribution < 1.29 is 4.79 Å². The second-order valence-electron chi connectivity index (χ2n) is 6.46. The monoisotopic (exact) mass is 343 g/mol. The van der Waals surface area contributed by atoms with Gasteiger partial charge in [0, 0.05) is 64.1 Å². The van der Waals surface area contributed by atoms with Crippen LogP contribution < -0.4 is 10.2 Å². The van der Waals surface area contributed by atoms with Gasteiger partial charge in [-0.15, -0.1) is 0 Å². The molecule has 2 aromatic heterocycles. The lowest BCUT2D eigenvalue weighted by molar-refractivity contribution is 0.192. The molecule has 2 amide bonds. The Balaban J connectivity index is 1.41. The second kappa shape index (κ2) is 7.96. The molecule has 8 nitrogen and oxygen atoms in total. The van der Waals surface area contributed by atoms with Crippen LogP contribution in [0, 0.1) is 12.8 Å². The van der Waals surface area contributed by atoms with Crippen LogP contribution in [-0.2, 0) is 6.54 Å². The molecule has 1 aliphatic heterocycles. The van der Waals surface area contributed by atoms with Crippen molar-refractivity contribution >= 4 is 11.8 Å². The van der Waals surface area contributed by atoms with Gasteiger partial charge in [-0.05, 0) is 12.8 Å². The predicted molar refractivity (Wildman–Crippen MR) is 95.3 cm³/mol. The Morgan fingerprint density at radius 3 is 2.64 bits per heavy atom. The van der Waals surface area contributed by atoms with Gasteiger partial charge in [0.1, 0.15) is 11.6 Å². The number of urea groups is 1. The molecule has 1 atom stereocenters. The molecule has 0 aromatic carbocycles. The van der Waals surface area contributed by atoms with Gasteiger partial charge in [0.2, 0.25) is 0 Å². The molecule has 3 heterocycles. The van der Waals surface area contributed by atoms with Crippen LogP contribution in [0.2, 0.25) is 0 Å². The number of rotatable bonds is 5. The number of carbonyl (C=O) groups is 1. The first-order valence-corrected chi connectivity index (χ1v) is 8.65. The summed E-state index contributed by atoms with van der Waals surface area (Å²) in [6.07, 6.45) is 8.89. The minimum Gasteiger partial charge on any atom is -0.352 e. The highest BCUT2D eigenvalue weighted by molar-refractivity contribution is 5.74. The molecule has 134 valence electrons. The van der Waals surface area contributed by atoms with E-state index in [0.717, 1.165) is 31.3 Å². The first-order valence-electron chi connectivity index (χ1n) is 8.65. The van der Waals surface area contributed by atoms with Crippen molar-refractivity contribution in [2.75, 3.05) is 37.6 Å². The smallest absolute Gasteiger partial charge is 0.317 e. The highest BCUT2D eigenvalue weighted by Crippen LogP contribution is 2.11. The largest absolute Gasteiger partial charge is 0.352 e. The number of hydrogen-bond donors (Lipinski definition) is 1. The Morgan fingerprint density at radius 1 is 1.20 bits per heavy atom. The summed E-state index contributed by atoms with van der Waals surface area (Å²) in [5, 5.41) is 3.05. The normalized spacial score (nSPS) is 15.9. The highest BCUT2D eigenvalue weighted by atomic mass is 16.2. The molecule has 1 unspecified atom stereocenters. The third kappa shape index (κ3) is 4.46. The van der Waals surface area contributed by atoms with E-state index in [9.17, 15) is 4.79 Å². The summed E-state index contributed by atoms with van der Waals surface area (Å²) in [6.45, 7) is 8.56. The number of carbonyl (C=O) groups excluding carboxylic acids is 1. The van der Waals surface area contributed by atoms with E-state index < -0.39 is 0 Å². The van der Waals surface area contributed by atoms with Crippen molar-refractivity contribution in [2.45, 2.75) is 20.4 Å². The number of piperazine rings is 1. The van der Waals surface area contributed by atoms with Gasteiger partial charge >= 0.3 is 6.03 Å². The number of aryl methyl sites for hydroxylation is 1. The number of amides is 2. The van der Waals surface area contributed by atoms with E-state index in [1.165, 1.54) is 0 Å². The van der Waals surface area contributed by atoms with Gasteiger partial charge in [0.25, 0.3) is 0 Å². The third-order valence-electron chi connectivity index (χ3n) is 4.47. The fraction of sp³-hybridized carbons (Fsp3) is 0.529. The van der Waals surface area contributed by atoms with E-state index in [4.69, 9.17) is 0 Å². The summed E-state index contributed by atoms with van der Waals surface area (Å²) >= 11 is 0. The van der Waals surface area contributed by atoms with Crippen LogP contribution in [-0.4, -0.2) is 63.2 Å². The van der Waals surface area contributed by atoms with Gasteiger partial charge in [-0.3, -0.25) is 4.98 Å². The van der Waals surface area contributed by atoms with Gasteiger partial charge in [-0.2, -0.15) is 0 Å². The van der Waals surface area contributed by atoms with Crippen LogP contribution >= 0.6 is 0 Å². The number of imidazole rings is 1. The SMILES string of the molecule is Cc1nccn1CC(C)CNC(=O)N1CCN(c2cnccn2)CC1. The first kappa shape index (κ1) is 17.2. The molecule has 1 fully saturated rings. The van der Waals surface area contributed by atoms with Crippen molar-refractivity contribution in [3.63, 3.8) is 0 Å². The lowest BCUT2D eigenvalue weighted by atomic mass is 10.2. The zero-order chi connectivity index (χ0) is 17.6. The lowest BCUT2D eigenvalue weighted by Gasteiger charge is -2.35. The molecule has 2 aromatic rings. The summed E-state index contributed by atoms with van der Waals surface area (Å²) in [6, 6.07) is 0.00741. The molecular weight excluding hydrogens is 318 g/mol. The van der Waals surface area contributed by atoms with Gasteiger partial charge < -0.3 is 19.7 Å². The molecule has 0 saturated carbocycles. The zero-order valence-corrected chi connectivity index (χ0v) is 14.8. The Kier molecular flexibility index (Phi) is 5.47. The number of nitrogens with zero attached hydrogens (tertiary/aromatic N) is 6. The van der Waals surface area contributed by atoms with E-state index in [1.54, 1.807) is 24.8 Å². The van der Waals surface area contributed by atoms with Crippen molar-refractivity contribution in [1.29, 1.82) is 0 Å². The van der Waals surface area contributed by atoms with E-state index >= 15 is 0 Å². The number of hydrogen-bond acceptors (Lipinski definition) is 5. The van der Waals surface area contributed by atoms with Gasteiger partial charge in [0.05, 0.1) is 6.20 Å². The average molecular weight is 343 g/mol. The highest BCUT2D eigenvalue weighted by Gasteiger charge is 2.22. The molecule has 1 aliphatic rings. The third-order valence-corrected chi connectivity index (χ3v) is 4.47. The molecule has 0 aliphatic carbocycles. The fourth-order valence-corrected chi connectivity index (χ4v) is 2.96. The maximum atomic E-state index is 12.4. The number of aromatic nitrogens is 4. The van der Waals surface area contributed by atoms with Crippen LogP contribution in [0.5, 0.6) is 0 Å². The fourth-order valence-electron chi connectivity index (χ4n) is 2.96. The molecular formula is C17H25N7O. The number of nitrogens with one attached hydrogen (secondary N) is 1. The Hall–Kier alpha value is -2.64. The van der Waals surface area contributed by atoms with Crippen LogP contribution in [0.1, 0.15) is 12.7 Å². The summed E-state index contributed by atoms with van der Waals surface area (Å²) in [5.74, 6) is 2.21. The Bertz CT molecular complexity index is 679. The predicted octanol–water partition coefficient (Wildman–Crippen LogP) is 1.15. The van der Waals surface area contributed by atoms with Gasteiger partial charge in [-0.25, -0.2) is 14.8 Å². The summed E-state index contributed by atoms with van der Waals surface area (Å²) in [4.78, 5) is 29.0. The first-order chi connectivity index (χ1) is 12.1. The molecule has 25 heavy (non-hydrogen) atoms. The molecule has 0 radical (unpaired) electrons. The van der Waals surface area contributed by atoms with Crippen LogP contribution in [0.25, 0.3) is 0 Å². The van der Waals surface area contributed by atoms with Gasteiger partial charge in [-0.1, -0.05) is 6.92 Å². The topological polar surface area (TPSA) is 79.2 Å². The zero-order valence-electron chi connectivity index (χ0n) is 14.8. The van der Waals surface area contributed by atoms with E-state index in [2.05, 4.69) is 36.7 Å². The molecule has 8 heteroatoms. The minimum atomic E-state index is 0.00741. The van der Waals surface area contributed by atoms with Crippen LogP contribution in [0.3, 0.4) is 0 Å². The van der Waals surface area contributed by atoms with Crippen LogP contribution in [0.15, 0.2) is 31.0 Å². The molecule has 1 saturated heterocycles. The molecule has 0 spiro atoms. The number of anilines is 1. The van der Waals surface area contributed by atoms with Crippen molar-refractivity contribution in [2.24, 2.45) is 5.92 Å². The van der Waals surface area contributed by atoms with Crippen LogP contribution in [0.4, 0.5) is 10.6 Å². The Morgan fingerprint density at radius 2 is 2.00 bits per heavy atom. The van der Waals surface area contributed by atoms with Gasteiger partial charge in [0.15, 0.2) is 0 Å². The maximum absolute atomic E-state index is 12.4. The Labute approximate surface area is 147 Å². The van der Waals surface area contributed by atoms with E-state index in [0.29, 0.717) is 25.6 Å². The average Bonchev–Trinajstić information content (AvgIpc) is 3.05. The lowest BCUT2D eigenvalue weighted by Crippen LogP contribution is -2.52. The summed E-state index contributed by atoms with van der Waals surface area (Å²) in [7, 11) is 0. The second-order valence-corrected chi connectivity index (χ2v) is 6.46. The standard InChI is InChI=1S/C17H25N7O/c1-14(13-24-6-5-19-15(24)2)11-21-17(25)23-9-7-22(8-10-23)16-12-18-3-4-20-16/h3-6,12,14H,7-11,13H2,1-2H3,(H,21,25). The van der Waals surface area contributed by atoms with E-state index in [1.807, 2.05) is 18.0 Å². The van der Waals surface area contributed by atoms with Crippen molar-refractivity contribution in [3.8, 4) is 0 Å².